The van der Waals surface area contributed by atoms with E-state index in [9.17, 15) is 0 Å². The van der Waals surface area contributed by atoms with E-state index in [1.54, 1.807) is 0 Å². The summed E-state index contributed by atoms with van der Waals surface area (Å²) in [6.07, 6.45) is 3.59. The number of nitrogens with zero attached hydrogens (tertiary/aromatic N) is 3. The van der Waals surface area contributed by atoms with Gasteiger partial charge < -0.3 is 20.4 Å². The van der Waals surface area contributed by atoms with Gasteiger partial charge in [-0.1, -0.05) is 20.8 Å². The molecule has 0 aliphatic rings. The molecular weight excluding hydrogens is 298 g/mol. The van der Waals surface area contributed by atoms with Gasteiger partial charge in [0.25, 0.3) is 0 Å². The number of nitrogens with one attached hydrogen (secondary N) is 2. The van der Waals surface area contributed by atoms with Gasteiger partial charge in [-0.15, -0.1) is 0 Å². The van der Waals surface area contributed by atoms with Crippen LogP contribution in [0.15, 0.2) is 4.99 Å². The van der Waals surface area contributed by atoms with Gasteiger partial charge in [0.15, 0.2) is 5.96 Å². The standard InChI is InChI=1S/C19H43N5/c1-8-18(6)23(7)16-14-21-19(20-9-2)22-17(5)13-12-15-24(10-3)11-4/h17-18H,8-16H2,1-7H3,(H2,20,21,22). The molecule has 2 unspecified atom stereocenters. The van der Waals surface area contributed by atoms with E-state index in [4.69, 9.17) is 4.99 Å². The van der Waals surface area contributed by atoms with E-state index in [1.807, 2.05) is 0 Å². The molecule has 0 bridgehead atoms. The van der Waals surface area contributed by atoms with Gasteiger partial charge in [0.1, 0.15) is 0 Å². The van der Waals surface area contributed by atoms with E-state index in [0.717, 1.165) is 38.7 Å². The first-order valence-corrected chi connectivity index (χ1v) is 9.95. The van der Waals surface area contributed by atoms with Crippen molar-refractivity contribution in [2.45, 2.75) is 72.9 Å². The zero-order valence-electron chi connectivity index (χ0n) is 17.4. The topological polar surface area (TPSA) is 42.9 Å². The molecule has 0 aromatic heterocycles. The van der Waals surface area contributed by atoms with Crippen LogP contribution in [0.25, 0.3) is 0 Å². The van der Waals surface area contributed by atoms with Crippen molar-refractivity contribution in [3.8, 4) is 0 Å². The molecule has 24 heavy (non-hydrogen) atoms. The Hall–Kier alpha value is -0.810. The first kappa shape index (κ1) is 23.2. The molecule has 144 valence electrons. The van der Waals surface area contributed by atoms with E-state index in [1.165, 1.54) is 25.8 Å². The highest BCUT2D eigenvalue weighted by Gasteiger charge is 2.08. The lowest BCUT2D eigenvalue weighted by atomic mass is 10.2. The fraction of sp³-hybridized carbons (Fsp3) is 0.947. The van der Waals surface area contributed by atoms with Crippen LogP contribution in [-0.2, 0) is 0 Å². The Morgan fingerprint density at radius 2 is 1.71 bits per heavy atom. The molecule has 0 aromatic rings. The molecule has 5 nitrogen and oxygen atoms in total. The second-order valence-electron chi connectivity index (χ2n) is 6.71. The third-order valence-corrected chi connectivity index (χ3v) is 4.80. The lowest BCUT2D eigenvalue weighted by Crippen LogP contribution is -2.43. The highest BCUT2D eigenvalue weighted by Crippen LogP contribution is 2.01. The molecule has 0 aliphatic carbocycles. The summed E-state index contributed by atoms with van der Waals surface area (Å²) in [7, 11) is 2.18. The Balaban J connectivity index is 4.22. The highest BCUT2D eigenvalue weighted by atomic mass is 15.2. The Morgan fingerprint density at radius 3 is 2.25 bits per heavy atom. The summed E-state index contributed by atoms with van der Waals surface area (Å²) in [5, 5.41) is 6.91. The van der Waals surface area contributed by atoms with Gasteiger partial charge in [-0.2, -0.15) is 0 Å². The van der Waals surface area contributed by atoms with Gasteiger partial charge in [0, 0.05) is 25.2 Å². The van der Waals surface area contributed by atoms with Crippen LogP contribution in [0, 0.1) is 0 Å². The van der Waals surface area contributed by atoms with Crippen LogP contribution >= 0.6 is 0 Å². The SMILES string of the molecule is CCNC(=NCCN(C)C(C)CC)NC(C)CCCN(CC)CC. The van der Waals surface area contributed by atoms with E-state index in [2.05, 4.69) is 69.0 Å². The minimum absolute atomic E-state index is 0.450. The van der Waals surface area contributed by atoms with Gasteiger partial charge >= 0.3 is 0 Å². The molecule has 0 fully saturated rings. The third kappa shape index (κ3) is 10.9. The fourth-order valence-electron chi connectivity index (χ4n) is 2.64. The van der Waals surface area contributed by atoms with Gasteiger partial charge in [-0.3, -0.25) is 4.99 Å². The normalized spacial score (nSPS) is 15.0. The van der Waals surface area contributed by atoms with Crippen molar-refractivity contribution in [3.05, 3.63) is 0 Å². The Kier molecular flexibility index (Phi) is 14.0. The minimum Gasteiger partial charge on any atom is -0.357 e. The van der Waals surface area contributed by atoms with Crippen LogP contribution in [0.1, 0.15) is 60.8 Å². The predicted octanol–water partition coefficient (Wildman–Crippen LogP) is 2.78. The van der Waals surface area contributed by atoms with Crippen LogP contribution in [0.2, 0.25) is 0 Å². The van der Waals surface area contributed by atoms with E-state index in [0.29, 0.717) is 12.1 Å². The van der Waals surface area contributed by atoms with Crippen molar-refractivity contribution in [3.63, 3.8) is 0 Å². The first-order valence-electron chi connectivity index (χ1n) is 9.95. The molecule has 2 atom stereocenters. The lowest BCUT2D eigenvalue weighted by molar-refractivity contribution is 0.259. The van der Waals surface area contributed by atoms with Crippen molar-refractivity contribution < 1.29 is 0 Å². The molecule has 0 amide bonds. The van der Waals surface area contributed by atoms with E-state index < -0.39 is 0 Å². The predicted molar refractivity (Wildman–Crippen MR) is 108 cm³/mol. The zero-order chi connectivity index (χ0) is 18.4. The first-order chi connectivity index (χ1) is 11.5. The molecule has 0 aliphatic heterocycles. The molecule has 0 saturated heterocycles. The van der Waals surface area contributed by atoms with Crippen molar-refractivity contribution in [1.82, 2.24) is 20.4 Å². The number of rotatable bonds is 13. The van der Waals surface area contributed by atoms with Gasteiger partial charge in [0.05, 0.1) is 6.54 Å². The van der Waals surface area contributed by atoms with Crippen molar-refractivity contribution >= 4 is 5.96 Å². The summed E-state index contributed by atoms with van der Waals surface area (Å²) in [6.45, 7) is 19.6. The lowest BCUT2D eigenvalue weighted by Gasteiger charge is -2.23. The van der Waals surface area contributed by atoms with Crippen molar-refractivity contribution in [1.29, 1.82) is 0 Å². The monoisotopic (exact) mass is 341 g/mol. The molecule has 2 N–H and O–H groups in total. The summed E-state index contributed by atoms with van der Waals surface area (Å²) in [5.74, 6) is 0.949. The number of aliphatic imine (C=N–C) groups is 1. The minimum atomic E-state index is 0.450. The van der Waals surface area contributed by atoms with Crippen LogP contribution in [0.5, 0.6) is 0 Å². The zero-order valence-corrected chi connectivity index (χ0v) is 17.4. The highest BCUT2D eigenvalue weighted by molar-refractivity contribution is 5.80. The summed E-state index contributed by atoms with van der Waals surface area (Å²) in [5.41, 5.74) is 0. The second kappa shape index (κ2) is 14.5. The number of hydrogen-bond donors (Lipinski definition) is 2. The molecule has 0 aromatic carbocycles. The van der Waals surface area contributed by atoms with Crippen molar-refractivity contribution in [2.24, 2.45) is 4.99 Å². The average molecular weight is 342 g/mol. The maximum absolute atomic E-state index is 4.73. The number of guanidine groups is 1. The number of likely N-dealkylation sites (N-methyl/N-ethyl adjacent to an activating group) is 1. The fourth-order valence-corrected chi connectivity index (χ4v) is 2.64. The van der Waals surface area contributed by atoms with Gasteiger partial charge in [0.2, 0.25) is 0 Å². The van der Waals surface area contributed by atoms with Gasteiger partial charge in [-0.05, 0) is 66.7 Å². The average Bonchev–Trinajstić information content (AvgIpc) is 2.57. The summed E-state index contributed by atoms with van der Waals surface area (Å²) >= 11 is 0. The molecule has 0 rings (SSSR count). The molecule has 0 spiro atoms. The van der Waals surface area contributed by atoms with Crippen LogP contribution in [0.3, 0.4) is 0 Å². The van der Waals surface area contributed by atoms with Crippen LogP contribution in [-0.4, -0.2) is 74.2 Å². The van der Waals surface area contributed by atoms with E-state index >= 15 is 0 Å². The summed E-state index contributed by atoms with van der Waals surface area (Å²) in [4.78, 5) is 9.59. The Bertz CT molecular complexity index is 315. The summed E-state index contributed by atoms with van der Waals surface area (Å²) in [6, 6.07) is 1.07. The maximum atomic E-state index is 4.73. The maximum Gasteiger partial charge on any atom is 0.191 e. The Labute approximate surface area is 151 Å². The van der Waals surface area contributed by atoms with Crippen LogP contribution < -0.4 is 10.6 Å². The molecule has 0 radical (unpaired) electrons. The molecular formula is C19H43N5. The third-order valence-electron chi connectivity index (χ3n) is 4.80. The molecule has 5 heteroatoms. The smallest absolute Gasteiger partial charge is 0.191 e. The van der Waals surface area contributed by atoms with Crippen molar-refractivity contribution in [2.75, 3.05) is 46.3 Å². The second-order valence-corrected chi connectivity index (χ2v) is 6.71. The van der Waals surface area contributed by atoms with Crippen LogP contribution in [0.4, 0.5) is 0 Å². The molecule has 0 saturated carbocycles. The van der Waals surface area contributed by atoms with Gasteiger partial charge in [-0.25, -0.2) is 0 Å². The quantitative estimate of drug-likeness (QED) is 0.399. The number of hydrogen-bond acceptors (Lipinski definition) is 3. The molecule has 0 heterocycles. The Morgan fingerprint density at radius 1 is 1.04 bits per heavy atom. The largest absolute Gasteiger partial charge is 0.357 e. The summed E-state index contributed by atoms with van der Waals surface area (Å²) < 4.78 is 0. The van der Waals surface area contributed by atoms with E-state index in [-0.39, 0.29) is 0 Å².